The minimum absolute atomic E-state index is 0. The van der Waals surface area contributed by atoms with Crippen LogP contribution in [0, 0.1) is 13.8 Å². The second kappa shape index (κ2) is 18.5. The van der Waals surface area contributed by atoms with Gasteiger partial charge in [0.2, 0.25) is 0 Å². The first-order valence-corrected chi connectivity index (χ1v) is 21.3. The molecule has 4 aromatic carbocycles. The SMILES string of the molecule is CCOc1ccc(C)c(/C([S-])=C(/[S-])c2cc3c4c(c2)CCCN4CCC3)c1.CCOc1ccc(C)cc1/C([S-])=C(/[S-])c1cc2c3c(c1)CCCN3CCC2.[Ni]. The molecular formula is C46H50N2NiO2S4-4. The Balaban J connectivity index is 0.000000184. The molecule has 0 bridgehead atoms. The van der Waals surface area contributed by atoms with E-state index in [4.69, 9.17) is 60.0 Å². The van der Waals surface area contributed by atoms with Crippen LogP contribution in [0.1, 0.15) is 95.2 Å². The van der Waals surface area contributed by atoms with Gasteiger partial charge >= 0.3 is 0 Å². The predicted octanol–water partition coefficient (Wildman–Crippen LogP) is 10.0. The Morgan fingerprint density at radius 2 is 1.00 bits per heavy atom. The molecule has 0 atom stereocenters. The van der Waals surface area contributed by atoms with E-state index in [0.29, 0.717) is 18.1 Å². The number of hydrogen-bond donors (Lipinski definition) is 0. The first-order chi connectivity index (χ1) is 26.2. The van der Waals surface area contributed by atoms with Crippen molar-refractivity contribution in [2.24, 2.45) is 0 Å². The molecule has 0 amide bonds. The maximum atomic E-state index is 5.86. The summed E-state index contributed by atoms with van der Waals surface area (Å²) in [5.41, 5.74) is 15.1. The molecule has 55 heavy (non-hydrogen) atoms. The molecule has 0 unspecified atom stereocenters. The summed E-state index contributed by atoms with van der Waals surface area (Å²) in [6, 6.07) is 21.3. The summed E-state index contributed by atoms with van der Waals surface area (Å²) in [4.78, 5) is 8.11. The van der Waals surface area contributed by atoms with Crippen molar-refractivity contribution in [3.05, 3.63) is 116 Å². The second-order valence-corrected chi connectivity index (χ2v) is 16.5. The smallest absolute Gasteiger partial charge is 0.124 e. The molecule has 294 valence electrons. The van der Waals surface area contributed by atoms with Crippen LogP contribution in [0.5, 0.6) is 11.5 Å². The fourth-order valence-corrected chi connectivity index (χ4v) is 9.65. The molecule has 0 saturated carbocycles. The normalized spacial score (nSPS) is 16.3. The molecule has 0 fully saturated rings. The van der Waals surface area contributed by atoms with E-state index < -0.39 is 0 Å². The third kappa shape index (κ3) is 8.92. The average molecular weight is 850 g/mol. The zero-order valence-corrected chi connectivity index (χ0v) is 36.6. The van der Waals surface area contributed by atoms with Gasteiger partial charge in [0.1, 0.15) is 11.5 Å². The Morgan fingerprint density at radius 1 is 0.545 bits per heavy atom. The summed E-state index contributed by atoms with van der Waals surface area (Å²) in [6.07, 6.45) is 9.44. The number of hydrogen-bond acceptors (Lipinski definition) is 8. The van der Waals surface area contributed by atoms with Crippen LogP contribution in [0.4, 0.5) is 11.4 Å². The van der Waals surface area contributed by atoms with E-state index in [9.17, 15) is 0 Å². The van der Waals surface area contributed by atoms with E-state index in [2.05, 4.69) is 66.1 Å². The van der Waals surface area contributed by atoms with Crippen molar-refractivity contribution < 1.29 is 26.0 Å². The fraction of sp³-hybridized carbons (Fsp3) is 0.391. The van der Waals surface area contributed by atoms with Crippen LogP contribution in [0.25, 0.3) is 19.6 Å². The zero-order valence-electron chi connectivity index (χ0n) is 32.3. The van der Waals surface area contributed by atoms with Gasteiger partial charge < -0.3 is 69.8 Å². The van der Waals surface area contributed by atoms with Gasteiger partial charge in [-0.05, 0) is 153 Å². The van der Waals surface area contributed by atoms with Crippen molar-refractivity contribution in [1.82, 2.24) is 0 Å². The van der Waals surface area contributed by atoms with Crippen molar-refractivity contribution in [2.75, 3.05) is 49.2 Å². The van der Waals surface area contributed by atoms with E-state index in [1.54, 1.807) is 0 Å². The van der Waals surface area contributed by atoms with Crippen LogP contribution in [-0.4, -0.2) is 39.4 Å². The van der Waals surface area contributed by atoms with Crippen molar-refractivity contribution in [1.29, 1.82) is 0 Å². The van der Waals surface area contributed by atoms with Crippen LogP contribution >= 0.6 is 0 Å². The van der Waals surface area contributed by atoms with Gasteiger partial charge in [-0.15, -0.1) is 0 Å². The van der Waals surface area contributed by atoms with E-state index in [0.717, 1.165) is 85.3 Å². The van der Waals surface area contributed by atoms with Gasteiger partial charge in [0.05, 0.1) is 13.2 Å². The molecule has 0 aliphatic carbocycles. The van der Waals surface area contributed by atoms with E-state index in [1.807, 2.05) is 32.0 Å². The van der Waals surface area contributed by atoms with E-state index in [-0.39, 0.29) is 16.5 Å². The summed E-state index contributed by atoms with van der Waals surface area (Å²) < 4.78 is 11.5. The van der Waals surface area contributed by atoms with E-state index in [1.165, 1.54) is 85.5 Å². The predicted molar refractivity (Wildman–Crippen MR) is 238 cm³/mol. The van der Waals surface area contributed by atoms with E-state index >= 15 is 0 Å². The number of benzene rings is 4. The summed E-state index contributed by atoms with van der Waals surface area (Å²) in [5, 5.41) is 0. The molecule has 4 nitrogen and oxygen atoms in total. The second-order valence-electron chi connectivity index (χ2n) is 14.8. The Bertz CT molecular complexity index is 2050. The quantitative estimate of drug-likeness (QED) is 0.0983. The molecular weight excluding hydrogens is 799 g/mol. The Hall–Kier alpha value is -3.07. The number of aryl methyl sites for hydroxylation is 6. The third-order valence-corrected chi connectivity index (χ3v) is 13.0. The topological polar surface area (TPSA) is 24.9 Å². The Morgan fingerprint density at radius 3 is 1.45 bits per heavy atom. The van der Waals surface area contributed by atoms with Gasteiger partial charge in [0, 0.05) is 54.0 Å². The van der Waals surface area contributed by atoms with Crippen molar-refractivity contribution in [3.8, 4) is 11.5 Å². The number of nitrogens with zero attached hydrogens (tertiary/aromatic N) is 2. The van der Waals surface area contributed by atoms with Gasteiger partial charge in [-0.1, -0.05) is 42.0 Å². The summed E-state index contributed by atoms with van der Waals surface area (Å²) in [7, 11) is 0. The van der Waals surface area contributed by atoms with Gasteiger partial charge in [0.25, 0.3) is 0 Å². The summed E-state index contributed by atoms with van der Waals surface area (Å²) in [5.74, 6) is 1.67. The minimum Gasteiger partial charge on any atom is -0.781 e. The Labute approximate surface area is 361 Å². The number of ether oxygens (including phenoxy) is 2. The van der Waals surface area contributed by atoms with Crippen LogP contribution < -0.4 is 19.3 Å². The number of rotatable bonds is 8. The third-order valence-electron chi connectivity index (χ3n) is 11.0. The standard InChI is InChI=1S/2C23H27NOS2.Ni/c1-3-25-19-9-8-15(2)20(14-19)23(27)22(26)18-12-16-6-4-10-24-11-5-7-17(13-18)21(16)24;1-3-25-20-9-8-15(2)12-19(20)23(27)22(26)18-13-16-6-4-10-24-11-5-7-17(14-18)21(16)24;/h2*8-9,12-14,26-27H,3-7,10-11H2,1-2H3;/p-4/b2*23-22-;. The Kier molecular flexibility index (Phi) is 14.0. The largest absolute Gasteiger partial charge is 0.781 e. The van der Waals surface area contributed by atoms with Gasteiger partial charge in [-0.3, -0.25) is 0 Å². The molecule has 4 heterocycles. The number of anilines is 2. The van der Waals surface area contributed by atoms with Crippen LogP contribution in [0.15, 0.2) is 60.7 Å². The van der Waals surface area contributed by atoms with Crippen LogP contribution in [-0.2, 0) is 92.7 Å². The average Bonchev–Trinajstić information content (AvgIpc) is 3.19. The summed E-state index contributed by atoms with van der Waals surface area (Å²) >= 11 is 23.4. The van der Waals surface area contributed by atoms with Crippen LogP contribution in [0.2, 0.25) is 0 Å². The van der Waals surface area contributed by atoms with Gasteiger partial charge in [0.15, 0.2) is 0 Å². The maximum absolute atomic E-state index is 5.86. The molecule has 9 heteroatoms. The first kappa shape index (κ1) is 41.6. The molecule has 0 saturated heterocycles. The molecule has 4 aliphatic heterocycles. The van der Waals surface area contributed by atoms with Gasteiger partial charge in [-0.25, -0.2) is 0 Å². The van der Waals surface area contributed by atoms with Crippen LogP contribution in [0.3, 0.4) is 0 Å². The molecule has 0 radical (unpaired) electrons. The monoisotopic (exact) mass is 848 g/mol. The summed E-state index contributed by atoms with van der Waals surface area (Å²) in [6.45, 7) is 14.1. The van der Waals surface area contributed by atoms with Crippen molar-refractivity contribution >= 4 is 81.5 Å². The van der Waals surface area contributed by atoms with Gasteiger partial charge in [-0.2, -0.15) is 19.6 Å². The van der Waals surface area contributed by atoms with Crippen molar-refractivity contribution in [2.45, 2.75) is 79.1 Å². The van der Waals surface area contributed by atoms with Crippen molar-refractivity contribution in [3.63, 3.8) is 0 Å². The minimum atomic E-state index is 0. The zero-order chi connectivity index (χ0) is 37.9. The molecule has 4 aliphatic rings. The first-order valence-electron chi connectivity index (χ1n) is 19.6. The molecule has 0 aromatic heterocycles. The fourth-order valence-electron chi connectivity index (χ4n) is 8.58. The molecule has 0 spiro atoms. The maximum Gasteiger partial charge on any atom is 0.124 e. The molecule has 8 rings (SSSR count). The molecule has 0 N–H and O–H groups in total. The molecule has 4 aromatic rings.